The monoisotopic (exact) mass is 287 g/mol. The third kappa shape index (κ3) is 3.46. The van der Waals surface area contributed by atoms with Crippen LogP contribution in [-0.2, 0) is 4.79 Å². The Morgan fingerprint density at radius 1 is 1.14 bits per heavy atom. The number of aliphatic carboxylic acids is 1. The van der Waals surface area contributed by atoms with Gasteiger partial charge in [0.1, 0.15) is 0 Å². The first-order valence-corrected chi connectivity index (χ1v) is 8.16. The Hall–Kier alpha value is -1.35. The number of hydrogen-bond acceptors (Lipinski definition) is 2. The Bertz CT molecular complexity index is 473. The predicted molar refractivity (Wildman–Crippen MR) is 83.4 cm³/mol. The van der Waals surface area contributed by atoms with Crippen molar-refractivity contribution in [2.75, 3.05) is 19.6 Å². The van der Waals surface area contributed by atoms with Crippen LogP contribution in [0.25, 0.3) is 0 Å². The first-order chi connectivity index (χ1) is 10.2. The minimum atomic E-state index is -0.628. The number of likely N-dealkylation sites (tertiary alicyclic amines) is 1. The Morgan fingerprint density at radius 2 is 1.81 bits per heavy atom. The lowest BCUT2D eigenvalue weighted by Crippen LogP contribution is -2.51. The van der Waals surface area contributed by atoms with E-state index < -0.39 is 5.97 Å². The van der Waals surface area contributed by atoms with Gasteiger partial charge >= 0.3 is 5.97 Å². The summed E-state index contributed by atoms with van der Waals surface area (Å²) in [6.07, 6.45) is 6.19. The third-order valence-corrected chi connectivity index (χ3v) is 5.23. The van der Waals surface area contributed by atoms with E-state index in [-0.39, 0.29) is 5.41 Å². The summed E-state index contributed by atoms with van der Waals surface area (Å²) in [7, 11) is 0. The molecule has 1 aromatic carbocycles. The zero-order valence-electron chi connectivity index (χ0n) is 12.6. The van der Waals surface area contributed by atoms with Crippen LogP contribution in [0.5, 0.6) is 0 Å². The highest BCUT2D eigenvalue weighted by Gasteiger charge is 2.39. The van der Waals surface area contributed by atoms with Crippen molar-refractivity contribution in [2.24, 2.45) is 5.41 Å². The van der Waals surface area contributed by atoms with Crippen LogP contribution in [0.2, 0.25) is 0 Å². The van der Waals surface area contributed by atoms with Crippen molar-refractivity contribution in [3.05, 3.63) is 35.9 Å². The van der Waals surface area contributed by atoms with Gasteiger partial charge in [0.25, 0.3) is 0 Å². The Morgan fingerprint density at radius 3 is 2.43 bits per heavy atom. The van der Waals surface area contributed by atoms with Gasteiger partial charge in [0.2, 0.25) is 0 Å². The summed E-state index contributed by atoms with van der Waals surface area (Å²) in [6, 6.07) is 10.7. The van der Waals surface area contributed by atoms with Crippen LogP contribution in [0.3, 0.4) is 0 Å². The van der Waals surface area contributed by atoms with E-state index in [0.717, 1.165) is 32.5 Å². The van der Waals surface area contributed by atoms with Crippen molar-refractivity contribution >= 4 is 5.97 Å². The maximum Gasteiger partial charge on any atom is 0.303 e. The average molecular weight is 287 g/mol. The van der Waals surface area contributed by atoms with Gasteiger partial charge in [0, 0.05) is 25.6 Å². The SMILES string of the molecule is O=C(O)CC1(CN2CC(c3ccccc3)C2)CCCCC1. The highest BCUT2D eigenvalue weighted by molar-refractivity contribution is 5.67. The second-order valence-electron chi connectivity index (χ2n) is 6.93. The molecule has 114 valence electrons. The van der Waals surface area contributed by atoms with E-state index in [9.17, 15) is 9.90 Å². The van der Waals surface area contributed by atoms with Crippen molar-refractivity contribution in [1.29, 1.82) is 0 Å². The second kappa shape index (κ2) is 6.18. The molecule has 0 aromatic heterocycles. The van der Waals surface area contributed by atoms with Gasteiger partial charge in [-0.05, 0) is 23.8 Å². The molecular formula is C18H25NO2. The molecule has 1 aromatic rings. The molecule has 0 atom stereocenters. The van der Waals surface area contributed by atoms with E-state index in [1.165, 1.54) is 24.8 Å². The van der Waals surface area contributed by atoms with E-state index in [0.29, 0.717) is 12.3 Å². The van der Waals surface area contributed by atoms with Crippen molar-refractivity contribution in [3.8, 4) is 0 Å². The van der Waals surface area contributed by atoms with Gasteiger partial charge in [-0.2, -0.15) is 0 Å². The number of carboxylic acid groups (broad SMARTS) is 1. The fourth-order valence-electron chi connectivity index (χ4n) is 4.12. The molecule has 0 bridgehead atoms. The largest absolute Gasteiger partial charge is 0.481 e. The Balaban J connectivity index is 1.57. The van der Waals surface area contributed by atoms with Gasteiger partial charge in [0.15, 0.2) is 0 Å². The number of hydrogen-bond donors (Lipinski definition) is 1. The summed E-state index contributed by atoms with van der Waals surface area (Å²) >= 11 is 0. The van der Waals surface area contributed by atoms with Crippen molar-refractivity contribution < 1.29 is 9.90 Å². The van der Waals surface area contributed by atoms with E-state index >= 15 is 0 Å². The summed E-state index contributed by atoms with van der Waals surface area (Å²) in [5.74, 6) is 0.00806. The lowest BCUT2D eigenvalue weighted by molar-refractivity contribution is -0.141. The zero-order valence-corrected chi connectivity index (χ0v) is 12.6. The van der Waals surface area contributed by atoms with Crippen molar-refractivity contribution in [1.82, 2.24) is 4.90 Å². The molecule has 1 heterocycles. The standard InChI is InChI=1S/C18H25NO2/c20-17(21)11-18(9-5-2-6-10-18)14-19-12-16(13-19)15-7-3-1-4-8-15/h1,3-4,7-8,16H,2,5-6,9-14H2,(H,20,21). The third-order valence-electron chi connectivity index (χ3n) is 5.23. The first-order valence-electron chi connectivity index (χ1n) is 8.16. The number of carbonyl (C=O) groups is 1. The molecule has 0 unspecified atom stereocenters. The van der Waals surface area contributed by atoms with Crippen LogP contribution in [0.4, 0.5) is 0 Å². The molecule has 21 heavy (non-hydrogen) atoms. The highest BCUT2D eigenvalue weighted by atomic mass is 16.4. The van der Waals surface area contributed by atoms with Gasteiger partial charge < -0.3 is 10.0 Å². The van der Waals surface area contributed by atoms with E-state index in [4.69, 9.17) is 0 Å². The molecule has 1 aliphatic heterocycles. The quantitative estimate of drug-likeness (QED) is 0.901. The van der Waals surface area contributed by atoms with Crippen LogP contribution < -0.4 is 0 Å². The summed E-state index contributed by atoms with van der Waals surface area (Å²) in [6.45, 7) is 3.15. The number of rotatable bonds is 5. The summed E-state index contributed by atoms with van der Waals surface area (Å²) in [4.78, 5) is 13.7. The second-order valence-corrected chi connectivity index (χ2v) is 6.93. The highest BCUT2D eigenvalue weighted by Crippen LogP contribution is 2.42. The zero-order chi connectivity index (χ0) is 14.7. The molecule has 2 fully saturated rings. The van der Waals surface area contributed by atoms with Crippen molar-refractivity contribution in [3.63, 3.8) is 0 Å². The molecular weight excluding hydrogens is 262 g/mol. The number of benzene rings is 1. The molecule has 1 N–H and O–H groups in total. The van der Waals surface area contributed by atoms with Crippen molar-refractivity contribution in [2.45, 2.75) is 44.4 Å². The average Bonchev–Trinajstić information content (AvgIpc) is 2.44. The van der Waals surface area contributed by atoms with E-state index in [2.05, 4.69) is 35.2 Å². The molecule has 3 rings (SSSR count). The van der Waals surface area contributed by atoms with Crippen LogP contribution >= 0.6 is 0 Å². The fraction of sp³-hybridized carbons (Fsp3) is 0.611. The number of carboxylic acids is 1. The van der Waals surface area contributed by atoms with Gasteiger partial charge in [-0.15, -0.1) is 0 Å². The van der Waals surface area contributed by atoms with E-state index in [1.807, 2.05) is 0 Å². The maximum atomic E-state index is 11.2. The van der Waals surface area contributed by atoms with Crippen LogP contribution in [0, 0.1) is 5.41 Å². The predicted octanol–water partition coefficient (Wildman–Crippen LogP) is 3.51. The lowest BCUT2D eigenvalue weighted by atomic mass is 9.70. The van der Waals surface area contributed by atoms with Crippen LogP contribution in [-0.4, -0.2) is 35.6 Å². The molecule has 3 heteroatoms. The maximum absolute atomic E-state index is 11.2. The topological polar surface area (TPSA) is 40.5 Å². The summed E-state index contributed by atoms with van der Waals surface area (Å²) in [5.41, 5.74) is 1.45. The van der Waals surface area contributed by atoms with Gasteiger partial charge in [-0.25, -0.2) is 0 Å². The molecule has 1 saturated carbocycles. The molecule has 3 nitrogen and oxygen atoms in total. The lowest BCUT2D eigenvalue weighted by Gasteiger charge is -2.47. The van der Waals surface area contributed by atoms with Crippen LogP contribution in [0.1, 0.15) is 50.0 Å². The molecule has 2 aliphatic rings. The Kier molecular flexibility index (Phi) is 4.29. The molecule has 0 spiro atoms. The molecule has 0 amide bonds. The fourth-order valence-corrected chi connectivity index (χ4v) is 4.12. The number of nitrogens with zero attached hydrogens (tertiary/aromatic N) is 1. The summed E-state index contributed by atoms with van der Waals surface area (Å²) in [5, 5.41) is 9.25. The van der Waals surface area contributed by atoms with Crippen LogP contribution in [0.15, 0.2) is 30.3 Å². The smallest absolute Gasteiger partial charge is 0.303 e. The first kappa shape index (κ1) is 14.6. The Labute approximate surface area is 127 Å². The normalized spacial score (nSPS) is 22.7. The van der Waals surface area contributed by atoms with Gasteiger partial charge in [0.05, 0.1) is 6.42 Å². The minimum absolute atomic E-state index is 0.0335. The van der Waals surface area contributed by atoms with E-state index in [1.54, 1.807) is 0 Å². The molecule has 0 radical (unpaired) electrons. The summed E-state index contributed by atoms with van der Waals surface area (Å²) < 4.78 is 0. The molecule has 1 aliphatic carbocycles. The minimum Gasteiger partial charge on any atom is -0.481 e. The van der Waals surface area contributed by atoms with Gasteiger partial charge in [-0.1, -0.05) is 49.6 Å². The van der Waals surface area contributed by atoms with Gasteiger partial charge in [-0.3, -0.25) is 4.79 Å². The molecule has 1 saturated heterocycles.